The van der Waals surface area contributed by atoms with Gasteiger partial charge in [0.1, 0.15) is 34.9 Å². The maximum atomic E-state index is 13.4. The zero-order valence-corrected chi connectivity index (χ0v) is 18.5. The fourth-order valence-corrected chi connectivity index (χ4v) is 4.81. The van der Waals surface area contributed by atoms with Gasteiger partial charge in [0.05, 0.1) is 23.3 Å². The van der Waals surface area contributed by atoms with Gasteiger partial charge in [-0.2, -0.15) is 0 Å². The first-order chi connectivity index (χ1) is 15.5. The Balaban J connectivity index is 1.26. The second-order valence-corrected chi connectivity index (χ2v) is 8.65. The molecule has 164 valence electrons. The van der Waals surface area contributed by atoms with Crippen molar-refractivity contribution in [1.29, 1.82) is 0 Å². The number of nitrogens with zero attached hydrogens (tertiary/aromatic N) is 3. The molecule has 5 rings (SSSR count). The number of imidazole rings is 1. The number of halogens is 1. The topological polar surface area (TPSA) is 78.3 Å². The fraction of sp³-hybridized carbons (Fsp3) is 0.261. The Hall–Kier alpha value is -3.30. The Morgan fingerprint density at radius 2 is 2.12 bits per heavy atom. The minimum atomic E-state index is -0.559. The van der Waals surface area contributed by atoms with Gasteiger partial charge < -0.3 is 14.0 Å². The number of nitrogens with one attached hydrogen (secondary N) is 1. The summed E-state index contributed by atoms with van der Waals surface area (Å²) in [5.41, 5.74) is 5.08. The summed E-state index contributed by atoms with van der Waals surface area (Å²) in [6.07, 6.45) is -0.559. The molecule has 0 spiro atoms. The Bertz CT molecular complexity index is 1330. The third kappa shape index (κ3) is 3.96. The summed E-state index contributed by atoms with van der Waals surface area (Å²) in [7, 11) is 0. The lowest BCUT2D eigenvalue weighted by molar-refractivity contribution is 0.0830. The predicted octanol–water partition coefficient (Wildman–Crippen LogP) is 5.19. The second-order valence-electron chi connectivity index (χ2n) is 7.65. The van der Waals surface area contributed by atoms with Crippen molar-refractivity contribution >= 4 is 33.5 Å². The largest absolute Gasteiger partial charge is 0.444 e. The molecule has 1 aliphatic heterocycles. The summed E-state index contributed by atoms with van der Waals surface area (Å²) in [6, 6.07) is 10.4. The van der Waals surface area contributed by atoms with E-state index in [2.05, 4.69) is 19.9 Å². The summed E-state index contributed by atoms with van der Waals surface area (Å²) < 4.78 is 26.4. The third-order valence-electron chi connectivity index (χ3n) is 5.38. The molecule has 3 heterocycles. The highest BCUT2D eigenvalue weighted by Crippen LogP contribution is 2.33. The molecule has 4 aromatic rings. The monoisotopic (exact) mass is 452 g/mol. The van der Waals surface area contributed by atoms with E-state index in [-0.39, 0.29) is 12.4 Å². The molecule has 0 radical (unpaired) electrons. The van der Waals surface area contributed by atoms with Crippen LogP contribution in [-0.2, 0) is 29.2 Å². The van der Waals surface area contributed by atoms with Gasteiger partial charge in [-0.25, -0.2) is 19.2 Å². The second kappa shape index (κ2) is 8.33. The number of ether oxygens (including phenoxy) is 2. The first-order valence-electron chi connectivity index (χ1n) is 10.2. The zero-order valence-electron chi connectivity index (χ0n) is 17.6. The number of anilines is 1. The van der Waals surface area contributed by atoms with E-state index in [4.69, 9.17) is 9.47 Å². The third-order valence-corrected chi connectivity index (χ3v) is 6.49. The molecule has 0 saturated heterocycles. The number of amides is 1. The standard InChI is InChI=1S/C23H21FN4O3S/c1-13-9-16(24)4-5-17(13)22-25-14(2)21(32-22)27-23(29)31-11-15-3-6-19-18(10-15)26-20-12-30-8-7-28(19)20/h3-6,9-10H,7-8,11-12H2,1-2H3,(H,27,29). The number of carbonyl (C=O) groups excluding carboxylic acids is 1. The Morgan fingerprint density at radius 1 is 1.25 bits per heavy atom. The molecule has 0 unspecified atom stereocenters. The number of aryl methyl sites for hydroxylation is 2. The van der Waals surface area contributed by atoms with Gasteiger partial charge in [0.15, 0.2) is 0 Å². The molecule has 1 N–H and O–H groups in total. The smallest absolute Gasteiger partial charge is 0.412 e. The molecule has 0 fully saturated rings. The van der Waals surface area contributed by atoms with Crippen LogP contribution in [0.4, 0.5) is 14.2 Å². The van der Waals surface area contributed by atoms with E-state index >= 15 is 0 Å². The fourth-order valence-electron chi connectivity index (χ4n) is 3.77. The number of fused-ring (bicyclic) bond motifs is 3. The van der Waals surface area contributed by atoms with Crippen molar-refractivity contribution in [3.05, 3.63) is 64.9 Å². The number of hydrogen-bond acceptors (Lipinski definition) is 6. The van der Waals surface area contributed by atoms with Gasteiger partial charge in [0.25, 0.3) is 0 Å². The van der Waals surface area contributed by atoms with Gasteiger partial charge in [-0.1, -0.05) is 17.4 Å². The van der Waals surface area contributed by atoms with E-state index in [1.54, 1.807) is 6.07 Å². The highest BCUT2D eigenvalue weighted by atomic mass is 32.1. The minimum absolute atomic E-state index is 0.127. The van der Waals surface area contributed by atoms with Crippen LogP contribution in [0.5, 0.6) is 0 Å². The number of benzene rings is 2. The highest BCUT2D eigenvalue weighted by molar-refractivity contribution is 7.19. The summed E-state index contributed by atoms with van der Waals surface area (Å²) in [6.45, 7) is 5.75. The minimum Gasteiger partial charge on any atom is -0.444 e. The van der Waals surface area contributed by atoms with Gasteiger partial charge in [0, 0.05) is 12.1 Å². The SMILES string of the molecule is Cc1cc(F)ccc1-c1nc(C)c(NC(=O)OCc2ccc3c(c2)nc2n3CCOC2)s1. The molecule has 1 amide bonds. The van der Waals surface area contributed by atoms with Gasteiger partial charge in [-0.15, -0.1) is 0 Å². The van der Waals surface area contributed by atoms with Crippen molar-refractivity contribution in [3.8, 4) is 10.6 Å². The predicted molar refractivity (Wildman–Crippen MR) is 120 cm³/mol. The lowest BCUT2D eigenvalue weighted by atomic mass is 10.1. The van der Waals surface area contributed by atoms with Crippen LogP contribution in [0.2, 0.25) is 0 Å². The number of carbonyl (C=O) groups is 1. The average molecular weight is 453 g/mol. The lowest BCUT2D eigenvalue weighted by Gasteiger charge is -2.14. The molecule has 7 nitrogen and oxygen atoms in total. The van der Waals surface area contributed by atoms with E-state index in [1.165, 1.54) is 23.5 Å². The van der Waals surface area contributed by atoms with Gasteiger partial charge in [-0.05, 0) is 55.3 Å². The van der Waals surface area contributed by atoms with Crippen molar-refractivity contribution in [3.63, 3.8) is 0 Å². The van der Waals surface area contributed by atoms with Crippen molar-refractivity contribution in [1.82, 2.24) is 14.5 Å². The van der Waals surface area contributed by atoms with Gasteiger partial charge in [0.2, 0.25) is 0 Å². The molecule has 1 aliphatic rings. The summed E-state index contributed by atoms with van der Waals surface area (Å²) in [4.78, 5) is 21.5. The molecular weight excluding hydrogens is 431 g/mol. The number of thiazole rings is 1. The molecule has 0 aliphatic carbocycles. The van der Waals surface area contributed by atoms with Crippen LogP contribution in [-0.4, -0.2) is 27.2 Å². The van der Waals surface area contributed by atoms with Crippen molar-refractivity contribution < 1.29 is 18.7 Å². The van der Waals surface area contributed by atoms with Crippen molar-refractivity contribution in [2.45, 2.75) is 33.6 Å². The van der Waals surface area contributed by atoms with Crippen LogP contribution in [0.25, 0.3) is 21.6 Å². The Kier molecular flexibility index (Phi) is 5.36. The first kappa shape index (κ1) is 20.6. The molecule has 32 heavy (non-hydrogen) atoms. The zero-order chi connectivity index (χ0) is 22.2. The van der Waals surface area contributed by atoms with Crippen LogP contribution < -0.4 is 5.32 Å². The van der Waals surface area contributed by atoms with E-state index in [0.29, 0.717) is 28.9 Å². The van der Waals surface area contributed by atoms with E-state index in [0.717, 1.165) is 40.1 Å². The van der Waals surface area contributed by atoms with Crippen LogP contribution in [0.1, 0.15) is 22.6 Å². The molecule has 9 heteroatoms. The summed E-state index contributed by atoms with van der Waals surface area (Å²) >= 11 is 1.33. The van der Waals surface area contributed by atoms with E-state index < -0.39 is 6.09 Å². The van der Waals surface area contributed by atoms with E-state index in [9.17, 15) is 9.18 Å². The molecule has 2 aromatic carbocycles. The lowest BCUT2D eigenvalue weighted by Crippen LogP contribution is -2.16. The number of aromatic nitrogens is 3. The molecule has 0 saturated carbocycles. The van der Waals surface area contributed by atoms with Gasteiger partial charge >= 0.3 is 6.09 Å². The highest BCUT2D eigenvalue weighted by Gasteiger charge is 2.17. The quantitative estimate of drug-likeness (QED) is 0.461. The Morgan fingerprint density at radius 3 is 2.97 bits per heavy atom. The van der Waals surface area contributed by atoms with Crippen molar-refractivity contribution in [2.75, 3.05) is 11.9 Å². The molecule has 0 atom stereocenters. The van der Waals surface area contributed by atoms with Crippen molar-refractivity contribution in [2.24, 2.45) is 0 Å². The number of hydrogen-bond donors (Lipinski definition) is 1. The molecule has 0 bridgehead atoms. The number of rotatable bonds is 4. The van der Waals surface area contributed by atoms with Crippen LogP contribution in [0, 0.1) is 19.7 Å². The van der Waals surface area contributed by atoms with Crippen LogP contribution in [0.3, 0.4) is 0 Å². The maximum Gasteiger partial charge on any atom is 0.412 e. The normalized spacial score (nSPS) is 13.2. The molecular formula is C23H21FN4O3S. The summed E-state index contributed by atoms with van der Waals surface area (Å²) in [5, 5.41) is 4.08. The summed E-state index contributed by atoms with van der Waals surface area (Å²) in [5.74, 6) is 0.624. The average Bonchev–Trinajstić information content (AvgIpc) is 3.32. The van der Waals surface area contributed by atoms with Crippen LogP contribution in [0.15, 0.2) is 36.4 Å². The Labute approximate surface area is 187 Å². The van der Waals surface area contributed by atoms with E-state index in [1.807, 2.05) is 32.0 Å². The van der Waals surface area contributed by atoms with Crippen LogP contribution >= 0.6 is 11.3 Å². The first-order valence-corrected chi connectivity index (χ1v) is 11.0. The maximum absolute atomic E-state index is 13.4. The molecule has 2 aromatic heterocycles. The van der Waals surface area contributed by atoms with Gasteiger partial charge in [-0.3, -0.25) is 5.32 Å².